The molecule has 6 nitrogen and oxygen atoms in total. The van der Waals surface area contributed by atoms with Crippen molar-refractivity contribution < 1.29 is 17.9 Å². The highest BCUT2D eigenvalue weighted by Gasteiger charge is 2.24. The maximum absolute atomic E-state index is 12.9. The molecule has 2 aromatic carbocycles. The molecule has 0 aromatic heterocycles. The number of rotatable bonds is 8. The fourth-order valence-corrected chi connectivity index (χ4v) is 4.58. The minimum atomic E-state index is -3.39. The number of sulfonamides is 1. The first kappa shape index (κ1) is 23.1. The monoisotopic (exact) mass is 444 g/mol. The number of carbonyl (C=O) groups excluding carboxylic acids is 1. The van der Waals surface area contributed by atoms with Crippen LogP contribution in [0.4, 0.5) is 5.69 Å². The number of amides is 1. The number of hydrogen-bond donors (Lipinski definition) is 1. The van der Waals surface area contributed by atoms with E-state index in [9.17, 15) is 13.2 Å². The zero-order valence-corrected chi connectivity index (χ0v) is 19.4. The Morgan fingerprint density at radius 1 is 1.13 bits per heavy atom. The molecule has 1 aliphatic rings. The second-order valence-electron chi connectivity index (χ2n) is 8.26. The number of nitrogens with one attached hydrogen (secondary N) is 1. The zero-order chi connectivity index (χ0) is 22.4. The summed E-state index contributed by atoms with van der Waals surface area (Å²) in [5.41, 5.74) is 3.07. The van der Waals surface area contributed by atoms with E-state index >= 15 is 0 Å². The number of benzene rings is 2. The van der Waals surface area contributed by atoms with Gasteiger partial charge in [-0.15, -0.1) is 0 Å². The molecule has 0 atom stereocenters. The summed E-state index contributed by atoms with van der Waals surface area (Å²) < 4.78 is 31.1. The first-order valence-corrected chi connectivity index (χ1v) is 12.7. The summed E-state index contributed by atoms with van der Waals surface area (Å²) in [4.78, 5) is 14.8. The Labute approximate surface area is 185 Å². The van der Waals surface area contributed by atoms with Crippen LogP contribution in [0, 0.1) is 12.8 Å². The summed E-state index contributed by atoms with van der Waals surface area (Å²) in [7, 11) is -3.39. The van der Waals surface area contributed by atoms with Gasteiger partial charge in [0, 0.05) is 18.7 Å². The lowest BCUT2D eigenvalue weighted by atomic mass is 9.90. The van der Waals surface area contributed by atoms with E-state index in [1.807, 2.05) is 30.9 Å². The summed E-state index contributed by atoms with van der Waals surface area (Å²) >= 11 is 0. The maximum atomic E-state index is 12.9. The maximum Gasteiger partial charge on any atom is 0.253 e. The predicted molar refractivity (Wildman–Crippen MR) is 124 cm³/mol. The normalized spacial score (nSPS) is 15.0. The van der Waals surface area contributed by atoms with E-state index < -0.39 is 10.0 Å². The number of hydrogen-bond acceptors (Lipinski definition) is 4. The van der Waals surface area contributed by atoms with Crippen LogP contribution in [-0.4, -0.2) is 45.2 Å². The summed E-state index contributed by atoms with van der Waals surface area (Å²) in [6, 6.07) is 13.5. The molecule has 1 aliphatic heterocycles. The van der Waals surface area contributed by atoms with E-state index in [1.165, 1.54) is 5.56 Å². The number of nitrogens with zero attached hydrogens (tertiary/aromatic N) is 1. The summed E-state index contributed by atoms with van der Waals surface area (Å²) in [5, 5.41) is 0. The summed E-state index contributed by atoms with van der Waals surface area (Å²) in [5.74, 6) is 1.47. The van der Waals surface area contributed by atoms with Gasteiger partial charge in [-0.05, 0) is 80.8 Å². The van der Waals surface area contributed by atoms with Crippen molar-refractivity contribution in [1.82, 2.24) is 4.90 Å². The summed E-state index contributed by atoms with van der Waals surface area (Å²) in [6.45, 7) is 5.94. The molecular weight excluding hydrogens is 412 g/mol. The molecule has 0 radical (unpaired) electrons. The Morgan fingerprint density at radius 3 is 2.42 bits per heavy atom. The highest BCUT2D eigenvalue weighted by molar-refractivity contribution is 7.92. The van der Waals surface area contributed by atoms with Crippen molar-refractivity contribution in [2.45, 2.75) is 39.5 Å². The van der Waals surface area contributed by atoms with Crippen molar-refractivity contribution in [2.24, 2.45) is 5.92 Å². The molecule has 1 amide bonds. The Bertz CT molecular complexity index is 995. The molecule has 168 valence electrons. The molecule has 0 saturated carbocycles. The lowest BCUT2D eigenvalue weighted by Crippen LogP contribution is -2.38. The fraction of sp³-hybridized carbons (Fsp3) is 0.458. The molecule has 1 saturated heterocycles. The van der Waals surface area contributed by atoms with Crippen LogP contribution in [0.3, 0.4) is 0 Å². The highest BCUT2D eigenvalue weighted by atomic mass is 32.2. The third-order valence-electron chi connectivity index (χ3n) is 5.76. The predicted octanol–water partition coefficient (Wildman–Crippen LogP) is 4.25. The van der Waals surface area contributed by atoms with Gasteiger partial charge in [0.1, 0.15) is 5.75 Å². The number of aryl methyl sites for hydroxylation is 2. The number of likely N-dealkylation sites (tertiary alicyclic amines) is 1. The Kier molecular flexibility index (Phi) is 7.59. The molecule has 1 fully saturated rings. The second-order valence-corrected chi connectivity index (χ2v) is 10.0. The molecule has 7 heteroatoms. The molecule has 31 heavy (non-hydrogen) atoms. The standard InChI is InChI=1S/C24H32N2O4S/c1-4-30-22-11-8-19(9-12-22)6-7-20-13-15-26(16-14-20)24(27)21-10-5-18(2)23(17-21)25-31(3,28)29/h5,8-12,17,20,25H,4,6-7,13-16H2,1-3H3. The minimum Gasteiger partial charge on any atom is -0.494 e. The highest BCUT2D eigenvalue weighted by Crippen LogP contribution is 2.25. The Hall–Kier alpha value is -2.54. The van der Waals surface area contributed by atoms with Crippen LogP contribution in [0.2, 0.25) is 0 Å². The van der Waals surface area contributed by atoms with Crippen LogP contribution < -0.4 is 9.46 Å². The minimum absolute atomic E-state index is 0.0403. The van der Waals surface area contributed by atoms with E-state index in [1.54, 1.807) is 18.2 Å². The van der Waals surface area contributed by atoms with Crippen molar-refractivity contribution in [3.63, 3.8) is 0 Å². The van der Waals surface area contributed by atoms with Crippen molar-refractivity contribution in [1.29, 1.82) is 0 Å². The molecule has 1 N–H and O–H groups in total. The molecule has 1 heterocycles. The van der Waals surface area contributed by atoms with Crippen LogP contribution in [-0.2, 0) is 16.4 Å². The van der Waals surface area contributed by atoms with Crippen LogP contribution in [0.5, 0.6) is 5.75 Å². The smallest absolute Gasteiger partial charge is 0.253 e. The molecule has 0 unspecified atom stereocenters. The van der Waals surface area contributed by atoms with Gasteiger partial charge in [-0.25, -0.2) is 8.42 Å². The van der Waals surface area contributed by atoms with Crippen LogP contribution in [0.15, 0.2) is 42.5 Å². The van der Waals surface area contributed by atoms with Gasteiger partial charge >= 0.3 is 0 Å². The van der Waals surface area contributed by atoms with E-state index in [0.29, 0.717) is 23.8 Å². The van der Waals surface area contributed by atoms with Crippen molar-refractivity contribution in [3.05, 3.63) is 59.2 Å². The first-order valence-electron chi connectivity index (χ1n) is 10.8. The molecular formula is C24H32N2O4S. The van der Waals surface area contributed by atoms with Gasteiger partial charge < -0.3 is 9.64 Å². The van der Waals surface area contributed by atoms with E-state index in [-0.39, 0.29) is 5.91 Å². The SMILES string of the molecule is CCOc1ccc(CCC2CCN(C(=O)c3ccc(C)c(NS(C)(=O)=O)c3)CC2)cc1. The van der Waals surface area contributed by atoms with Gasteiger partial charge in [-0.1, -0.05) is 18.2 Å². The van der Waals surface area contributed by atoms with E-state index in [0.717, 1.165) is 56.3 Å². The third-order valence-corrected chi connectivity index (χ3v) is 6.35. The summed E-state index contributed by atoms with van der Waals surface area (Å²) in [6.07, 6.45) is 5.23. The quantitative estimate of drug-likeness (QED) is 0.660. The largest absolute Gasteiger partial charge is 0.494 e. The van der Waals surface area contributed by atoms with Crippen LogP contribution in [0.1, 0.15) is 47.7 Å². The molecule has 0 bridgehead atoms. The molecule has 3 rings (SSSR count). The second kappa shape index (κ2) is 10.2. The Morgan fingerprint density at radius 2 is 1.81 bits per heavy atom. The zero-order valence-electron chi connectivity index (χ0n) is 18.6. The molecule has 0 spiro atoms. The van der Waals surface area contributed by atoms with E-state index in [2.05, 4.69) is 16.9 Å². The van der Waals surface area contributed by atoms with Crippen molar-refractivity contribution in [3.8, 4) is 5.75 Å². The Balaban J connectivity index is 1.52. The van der Waals surface area contributed by atoms with Gasteiger partial charge in [0.2, 0.25) is 10.0 Å². The number of ether oxygens (including phenoxy) is 1. The number of piperidine rings is 1. The van der Waals surface area contributed by atoms with Gasteiger partial charge in [0.15, 0.2) is 0 Å². The van der Waals surface area contributed by atoms with Gasteiger partial charge in [-0.3, -0.25) is 9.52 Å². The average molecular weight is 445 g/mol. The van der Waals surface area contributed by atoms with Gasteiger partial charge in [0.05, 0.1) is 18.6 Å². The van der Waals surface area contributed by atoms with E-state index in [4.69, 9.17) is 4.74 Å². The van der Waals surface area contributed by atoms with Gasteiger partial charge in [0.25, 0.3) is 5.91 Å². The first-order chi connectivity index (χ1) is 14.7. The van der Waals surface area contributed by atoms with Crippen LogP contribution in [0.25, 0.3) is 0 Å². The lowest BCUT2D eigenvalue weighted by molar-refractivity contribution is 0.0687. The third kappa shape index (κ3) is 6.72. The van der Waals surface area contributed by atoms with Crippen molar-refractivity contribution in [2.75, 3.05) is 30.7 Å². The number of carbonyl (C=O) groups is 1. The van der Waals surface area contributed by atoms with Crippen LogP contribution >= 0.6 is 0 Å². The number of anilines is 1. The molecule has 0 aliphatic carbocycles. The fourth-order valence-electron chi connectivity index (χ4n) is 3.96. The van der Waals surface area contributed by atoms with Gasteiger partial charge in [-0.2, -0.15) is 0 Å². The van der Waals surface area contributed by atoms with Crippen molar-refractivity contribution >= 4 is 21.6 Å². The topological polar surface area (TPSA) is 75.7 Å². The lowest BCUT2D eigenvalue weighted by Gasteiger charge is -2.32. The molecule has 2 aromatic rings. The average Bonchev–Trinajstić information content (AvgIpc) is 2.74.